The molecular weight excluding hydrogens is 526 g/mol. The molecule has 1 aromatic carbocycles. The second-order valence-corrected chi connectivity index (χ2v) is 6.01. The van der Waals surface area contributed by atoms with E-state index in [0.717, 1.165) is 0 Å². The molecule has 0 amide bonds. The van der Waals surface area contributed by atoms with Crippen LogP contribution in [0.1, 0.15) is 5.56 Å². The van der Waals surface area contributed by atoms with E-state index in [-0.39, 0.29) is 24.3 Å². The smallest absolute Gasteiger partial charge is 0.428 e. The second-order valence-electron chi connectivity index (χ2n) is 6.01. The largest absolute Gasteiger partial charge is 0.471 e. The summed E-state index contributed by atoms with van der Waals surface area (Å²) >= 11 is 0. The monoisotopic (exact) mass is 530 g/mol. The van der Waals surface area contributed by atoms with Gasteiger partial charge in [-0.15, -0.1) is 0 Å². The van der Waals surface area contributed by atoms with Crippen molar-refractivity contribution in [1.29, 1.82) is 0 Å². The van der Waals surface area contributed by atoms with Crippen molar-refractivity contribution in [3.8, 4) is 5.75 Å². The highest BCUT2D eigenvalue weighted by atomic mass is 19.4. The zero-order valence-corrected chi connectivity index (χ0v) is 14.5. The van der Waals surface area contributed by atoms with Crippen molar-refractivity contribution in [2.45, 2.75) is 48.1 Å². The SMILES string of the molecule is FC(F)(F)c1ccc(OC(F)(F)C(F)(F)C(F)(F)C(F)(F)C(F)(F)C(F)(F)C(F)(F)F)cc1. The molecule has 1 aromatic rings. The summed E-state index contributed by atoms with van der Waals surface area (Å²) in [6, 6.07) is -0.826. The number of halogens is 18. The first-order valence-electron chi connectivity index (χ1n) is 7.38. The molecule has 0 saturated carbocycles. The molecule has 0 saturated heterocycles. The molecule has 0 bridgehead atoms. The van der Waals surface area contributed by atoms with Crippen molar-refractivity contribution >= 4 is 0 Å². The van der Waals surface area contributed by atoms with Crippen LogP contribution in [0.3, 0.4) is 0 Å². The van der Waals surface area contributed by atoms with E-state index in [1.807, 2.05) is 0 Å². The lowest BCUT2D eigenvalue weighted by atomic mass is 9.93. The Morgan fingerprint density at radius 1 is 0.424 bits per heavy atom. The molecular formula is C14H4F18O. The lowest BCUT2D eigenvalue weighted by Gasteiger charge is -2.41. The van der Waals surface area contributed by atoms with Crippen LogP contribution in [0.25, 0.3) is 0 Å². The van der Waals surface area contributed by atoms with Crippen LogP contribution < -0.4 is 4.74 Å². The van der Waals surface area contributed by atoms with Crippen LogP contribution >= 0.6 is 0 Å². The maximum absolute atomic E-state index is 13.5. The molecule has 0 fully saturated rings. The quantitative estimate of drug-likeness (QED) is 0.334. The van der Waals surface area contributed by atoms with Crippen molar-refractivity contribution in [3.63, 3.8) is 0 Å². The van der Waals surface area contributed by atoms with Gasteiger partial charge in [0.05, 0.1) is 5.56 Å². The van der Waals surface area contributed by atoms with Gasteiger partial charge in [0, 0.05) is 0 Å². The average molecular weight is 530 g/mol. The van der Waals surface area contributed by atoms with Crippen LogP contribution in [-0.2, 0) is 6.18 Å². The van der Waals surface area contributed by atoms with Gasteiger partial charge in [-0.2, -0.15) is 79.0 Å². The Bertz CT molecular complexity index is 831. The Hall–Kier alpha value is -2.24. The van der Waals surface area contributed by atoms with Gasteiger partial charge >= 0.3 is 48.1 Å². The van der Waals surface area contributed by atoms with E-state index in [1.165, 1.54) is 0 Å². The fourth-order valence-electron chi connectivity index (χ4n) is 1.88. The van der Waals surface area contributed by atoms with Crippen molar-refractivity contribution < 1.29 is 83.8 Å². The van der Waals surface area contributed by atoms with E-state index in [0.29, 0.717) is 0 Å². The van der Waals surface area contributed by atoms with Crippen molar-refractivity contribution in [1.82, 2.24) is 0 Å². The fraction of sp³-hybridized carbons (Fsp3) is 0.571. The first-order chi connectivity index (χ1) is 14.2. The summed E-state index contributed by atoms with van der Waals surface area (Å²) < 4.78 is 234. The van der Waals surface area contributed by atoms with E-state index in [2.05, 4.69) is 4.74 Å². The van der Waals surface area contributed by atoms with E-state index in [4.69, 9.17) is 0 Å². The minimum atomic E-state index is -8.49. The van der Waals surface area contributed by atoms with E-state index in [1.54, 1.807) is 0 Å². The van der Waals surface area contributed by atoms with Gasteiger partial charge in [-0.1, -0.05) is 0 Å². The van der Waals surface area contributed by atoms with Gasteiger partial charge < -0.3 is 4.74 Å². The zero-order valence-electron chi connectivity index (χ0n) is 14.5. The molecule has 192 valence electrons. The zero-order chi connectivity index (χ0) is 26.7. The molecule has 0 heterocycles. The van der Waals surface area contributed by atoms with Crippen LogP contribution in [0.15, 0.2) is 24.3 Å². The number of benzene rings is 1. The Labute approximate surface area is 168 Å². The molecule has 0 N–H and O–H groups in total. The summed E-state index contributed by atoms with van der Waals surface area (Å²) in [5.74, 6) is -43.2. The number of rotatable bonds is 7. The summed E-state index contributed by atoms with van der Waals surface area (Å²) in [5, 5.41) is 0. The summed E-state index contributed by atoms with van der Waals surface area (Å²) in [5.41, 5.74) is -1.66. The van der Waals surface area contributed by atoms with Crippen molar-refractivity contribution in [2.75, 3.05) is 0 Å². The molecule has 0 radical (unpaired) electrons. The van der Waals surface area contributed by atoms with Crippen molar-refractivity contribution in [3.05, 3.63) is 29.8 Å². The third-order valence-electron chi connectivity index (χ3n) is 3.73. The highest BCUT2D eigenvalue weighted by molar-refractivity contribution is 5.29. The van der Waals surface area contributed by atoms with Gasteiger partial charge in [0.25, 0.3) is 0 Å². The molecule has 0 atom stereocenters. The molecule has 0 aliphatic carbocycles. The third kappa shape index (κ3) is 4.33. The van der Waals surface area contributed by atoms with Crippen LogP contribution in [0, 0.1) is 0 Å². The lowest BCUT2D eigenvalue weighted by Crippen LogP contribution is -2.73. The van der Waals surface area contributed by atoms with Gasteiger partial charge in [-0.25, -0.2) is 0 Å². The number of hydrogen-bond donors (Lipinski definition) is 0. The van der Waals surface area contributed by atoms with Gasteiger partial charge in [-0.05, 0) is 24.3 Å². The maximum atomic E-state index is 13.5. The fourth-order valence-corrected chi connectivity index (χ4v) is 1.88. The number of alkyl halides is 18. The first kappa shape index (κ1) is 28.8. The predicted octanol–water partition coefficient (Wildman–Crippen LogP) is 7.42. The van der Waals surface area contributed by atoms with Crippen LogP contribution in [-0.4, -0.2) is 41.9 Å². The number of hydrogen-bond acceptors (Lipinski definition) is 1. The van der Waals surface area contributed by atoms with Crippen LogP contribution in [0.5, 0.6) is 5.75 Å². The molecule has 0 unspecified atom stereocenters. The molecule has 19 heteroatoms. The maximum Gasteiger partial charge on any atom is 0.471 e. The van der Waals surface area contributed by atoms with Crippen LogP contribution in [0.2, 0.25) is 0 Å². The predicted molar refractivity (Wildman–Crippen MR) is 67.8 cm³/mol. The summed E-state index contributed by atoms with van der Waals surface area (Å²) in [6.45, 7) is 0. The molecule has 0 aliphatic rings. The molecule has 33 heavy (non-hydrogen) atoms. The third-order valence-corrected chi connectivity index (χ3v) is 3.73. The van der Waals surface area contributed by atoms with Gasteiger partial charge in [0.2, 0.25) is 0 Å². The van der Waals surface area contributed by atoms with Gasteiger partial charge in [0.1, 0.15) is 5.75 Å². The number of ether oxygens (including phenoxy) is 1. The molecule has 0 aliphatic heterocycles. The van der Waals surface area contributed by atoms with Gasteiger partial charge in [0.15, 0.2) is 0 Å². The minimum Gasteiger partial charge on any atom is -0.428 e. The minimum absolute atomic E-state index is 0.172. The van der Waals surface area contributed by atoms with Crippen LogP contribution in [0.4, 0.5) is 79.0 Å². The second kappa shape index (κ2) is 7.64. The van der Waals surface area contributed by atoms with E-state index in [9.17, 15) is 79.0 Å². The Kier molecular flexibility index (Phi) is 6.67. The normalized spacial score (nSPS) is 15.6. The Morgan fingerprint density at radius 3 is 1.09 bits per heavy atom. The molecule has 1 rings (SSSR count). The first-order valence-corrected chi connectivity index (χ1v) is 7.38. The van der Waals surface area contributed by atoms with Gasteiger partial charge in [-0.3, -0.25) is 0 Å². The summed E-state index contributed by atoms with van der Waals surface area (Å²) in [4.78, 5) is 0. The Balaban J connectivity index is 3.45. The molecule has 0 aromatic heterocycles. The highest BCUT2D eigenvalue weighted by Crippen LogP contribution is 2.62. The average Bonchev–Trinajstić information content (AvgIpc) is 2.59. The molecule has 1 nitrogen and oxygen atoms in total. The summed E-state index contributed by atoms with van der Waals surface area (Å²) in [6.07, 6.45) is -20.0. The highest BCUT2D eigenvalue weighted by Gasteiger charge is 2.94. The Morgan fingerprint density at radius 2 is 0.758 bits per heavy atom. The topological polar surface area (TPSA) is 9.23 Å². The summed E-state index contributed by atoms with van der Waals surface area (Å²) in [7, 11) is 0. The van der Waals surface area contributed by atoms with Crippen molar-refractivity contribution in [2.24, 2.45) is 0 Å². The van der Waals surface area contributed by atoms with E-state index >= 15 is 0 Å². The lowest BCUT2D eigenvalue weighted by molar-refractivity contribution is -0.465. The standard InChI is InChI=1S/C14H4F18O/c15-7(16,17)5-1-3-6(4-2-5)33-14(31,32)12(26,27)10(22,23)8(18,19)9(20,21)11(24,25)13(28,29)30/h1-4H. The molecule has 0 spiro atoms. The van der Waals surface area contributed by atoms with E-state index < -0.39 is 59.4 Å².